The summed E-state index contributed by atoms with van der Waals surface area (Å²) in [7, 11) is 0. The molecule has 17 heavy (non-hydrogen) atoms. The van der Waals surface area contributed by atoms with Crippen molar-refractivity contribution in [2.24, 2.45) is 5.92 Å². The van der Waals surface area contributed by atoms with Gasteiger partial charge in [0.25, 0.3) is 0 Å². The van der Waals surface area contributed by atoms with E-state index in [1.165, 1.54) is 38.5 Å². The van der Waals surface area contributed by atoms with Crippen molar-refractivity contribution >= 4 is 5.97 Å². The van der Waals surface area contributed by atoms with Gasteiger partial charge >= 0.3 is 5.97 Å². The van der Waals surface area contributed by atoms with E-state index in [4.69, 9.17) is 5.11 Å². The number of aliphatic carboxylic acids is 1. The molecule has 0 aliphatic carbocycles. The van der Waals surface area contributed by atoms with Crippen molar-refractivity contribution in [2.45, 2.75) is 71.6 Å². The average molecular weight is 240 g/mol. The Hall–Kier alpha value is -0.790. The van der Waals surface area contributed by atoms with Gasteiger partial charge in [-0.1, -0.05) is 58.1 Å². The van der Waals surface area contributed by atoms with E-state index in [-0.39, 0.29) is 0 Å². The third-order valence-electron chi connectivity index (χ3n) is 2.99. The summed E-state index contributed by atoms with van der Waals surface area (Å²) in [6.07, 6.45) is 14.6. The Balaban J connectivity index is 3.18. The second-order valence-corrected chi connectivity index (χ2v) is 4.93. The van der Waals surface area contributed by atoms with Crippen LogP contribution in [0.2, 0.25) is 0 Å². The summed E-state index contributed by atoms with van der Waals surface area (Å²) in [5.74, 6) is -0.333. The van der Waals surface area contributed by atoms with Crippen LogP contribution in [0, 0.1) is 5.92 Å². The Labute approximate surface area is 106 Å². The number of hydrogen-bond donors (Lipinski definition) is 1. The minimum Gasteiger partial charge on any atom is -0.481 e. The van der Waals surface area contributed by atoms with E-state index in [0.29, 0.717) is 12.3 Å². The molecular formula is C15H28O2. The first kappa shape index (κ1) is 16.2. The maximum Gasteiger partial charge on any atom is 0.303 e. The lowest BCUT2D eigenvalue weighted by Crippen LogP contribution is -2.03. The Bertz CT molecular complexity index is 209. The van der Waals surface area contributed by atoms with Gasteiger partial charge in [-0.15, -0.1) is 0 Å². The fourth-order valence-corrected chi connectivity index (χ4v) is 1.97. The van der Waals surface area contributed by atoms with Gasteiger partial charge in [-0.05, 0) is 25.2 Å². The molecule has 0 aliphatic rings. The fraction of sp³-hybridized carbons (Fsp3) is 0.800. The van der Waals surface area contributed by atoms with Crippen LogP contribution in [-0.2, 0) is 4.79 Å². The van der Waals surface area contributed by atoms with Crippen LogP contribution in [0.1, 0.15) is 71.6 Å². The van der Waals surface area contributed by atoms with Crippen molar-refractivity contribution in [1.82, 2.24) is 0 Å². The first-order chi connectivity index (χ1) is 8.16. The highest BCUT2D eigenvalue weighted by atomic mass is 16.4. The molecule has 0 aromatic carbocycles. The normalized spacial score (nSPS) is 13.1. The summed E-state index contributed by atoms with van der Waals surface area (Å²) in [5.41, 5.74) is 0. The SMILES string of the molecule is CCC=CCCCCCCC[C@H](C)CC(=O)O. The van der Waals surface area contributed by atoms with Crippen LogP contribution in [0.25, 0.3) is 0 Å². The van der Waals surface area contributed by atoms with Gasteiger partial charge in [0.2, 0.25) is 0 Å². The molecule has 0 saturated heterocycles. The third kappa shape index (κ3) is 13.1. The van der Waals surface area contributed by atoms with Crippen molar-refractivity contribution in [3.8, 4) is 0 Å². The lowest BCUT2D eigenvalue weighted by Gasteiger charge is -2.07. The molecule has 1 atom stereocenters. The number of allylic oxidation sites excluding steroid dienone is 2. The Morgan fingerprint density at radius 1 is 1.12 bits per heavy atom. The molecule has 2 nitrogen and oxygen atoms in total. The highest BCUT2D eigenvalue weighted by molar-refractivity contribution is 5.66. The second kappa shape index (κ2) is 11.7. The van der Waals surface area contributed by atoms with Gasteiger partial charge in [0.05, 0.1) is 0 Å². The molecule has 0 saturated carbocycles. The number of carbonyl (C=O) groups is 1. The smallest absolute Gasteiger partial charge is 0.303 e. The van der Waals surface area contributed by atoms with E-state index in [9.17, 15) is 4.79 Å². The molecule has 0 aromatic rings. The summed E-state index contributed by atoms with van der Waals surface area (Å²) in [4.78, 5) is 10.5. The van der Waals surface area contributed by atoms with Gasteiger partial charge in [-0.3, -0.25) is 4.79 Å². The van der Waals surface area contributed by atoms with E-state index < -0.39 is 5.97 Å². The molecule has 2 heteroatoms. The van der Waals surface area contributed by atoms with Crippen LogP contribution in [0.5, 0.6) is 0 Å². The predicted octanol–water partition coefficient (Wildman–Crippen LogP) is 4.79. The zero-order valence-corrected chi connectivity index (χ0v) is 11.5. The van der Waals surface area contributed by atoms with Gasteiger partial charge < -0.3 is 5.11 Å². The van der Waals surface area contributed by atoms with Crippen molar-refractivity contribution < 1.29 is 9.90 Å². The first-order valence-electron chi connectivity index (χ1n) is 7.03. The van der Waals surface area contributed by atoms with E-state index in [1.54, 1.807) is 0 Å². The first-order valence-corrected chi connectivity index (χ1v) is 7.03. The third-order valence-corrected chi connectivity index (χ3v) is 2.99. The standard InChI is InChI=1S/C15H28O2/c1-3-4-5-6-7-8-9-10-11-12-14(2)13-15(16)17/h4-5,14H,3,6-13H2,1-2H3,(H,16,17)/t14-/m0/s1. The quantitative estimate of drug-likeness (QED) is 0.416. The molecule has 0 aliphatic heterocycles. The van der Waals surface area contributed by atoms with Crippen molar-refractivity contribution in [2.75, 3.05) is 0 Å². The minimum atomic E-state index is -0.666. The molecule has 0 bridgehead atoms. The molecule has 0 rings (SSSR count). The van der Waals surface area contributed by atoms with Crippen LogP contribution in [0.3, 0.4) is 0 Å². The van der Waals surface area contributed by atoms with Crippen LogP contribution < -0.4 is 0 Å². The number of carboxylic acid groups (broad SMARTS) is 1. The van der Waals surface area contributed by atoms with E-state index in [0.717, 1.165) is 12.8 Å². The van der Waals surface area contributed by atoms with E-state index in [2.05, 4.69) is 19.1 Å². The summed E-state index contributed by atoms with van der Waals surface area (Å²) < 4.78 is 0. The van der Waals surface area contributed by atoms with Gasteiger partial charge in [-0.25, -0.2) is 0 Å². The van der Waals surface area contributed by atoms with E-state index >= 15 is 0 Å². The fourth-order valence-electron chi connectivity index (χ4n) is 1.97. The highest BCUT2D eigenvalue weighted by Gasteiger charge is 2.06. The second-order valence-electron chi connectivity index (χ2n) is 4.93. The maximum atomic E-state index is 10.5. The number of carboxylic acids is 1. The summed E-state index contributed by atoms with van der Waals surface area (Å²) in [6, 6.07) is 0. The zero-order chi connectivity index (χ0) is 12.9. The largest absolute Gasteiger partial charge is 0.481 e. The molecule has 0 unspecified atom stereocenters. The van der Waals surface area contributed by atoms with Crippen LogP contribution in [-0.4, -0.2) is 11.1 Å². The van der Waals surface area contributed by atoms with Crippen molar-refractivity contribution in [3.63, 3.8) is 0 Å². The molecule has 0 radical (unpaired) electrons. The summed E-state index contributed by atoms with van der Waals surface area (Å²) in [6.45, 7) is 4.19. The molecule has 1 N–H and O–H groups in total. The molecule has 0 heterocycles. The lowest BCUT2D eigenvalue weighted by atomic mass is 9.99. The number of hydrogen-bond acceptors (Lipinski definition) is 1. The summed E-state index contributed by atoms with van der Waals surface area (Å²) in [5, 5.41) is 8.62. The van der Waals surface area contributed by atoms with Crippen molar-refractivity contribution in [1.29, 1.82) is 0 Å². The van der Waals surface area contributed by atoms with E-state index in [1.807, 2.05) is 6.92 Å². The predicted molar refractivity (Wildman–Crippen MR) is 73.2 cm³/mol. The van der Waals surface area contributed by atoms with Crippen molar-refractivity contribution in [3.05, 3.63) is 12.2 Å². The Morgan fingerprint density at radius 2 is 1.76 bits per heavy atom. The van der Waals surface area contributed by atoms with Gasteiger partial charge in [-0.2, -0.15) is 0 Å². The molecule has 0 fully saturated rings. The maximum absolute atomic E-state index is 10.5. The highest BCUT2D eigenvalue weighted by Crippen LogP contribution is 2.14. The Morgan fingerprint density at radius 3 is 2.41 bits per heavy atom. The monoisotopic (exact) mass is 240 g/mol. The molecule has 0 aromatic heterocycles. The average Bonchev–Trinajstić information content (AvgIpc) is 2.26. The molecular weight excluding hydrogens is 212 g/mol. The Kier molecular flexibility index (Phi) is 11.1. The molecule has 0 amide bonds. The number of rotatable bonds is 11. The minimum absolute atomic E-state index is 0.321. The zero-order valence-electron chi connectivity index (χ0n) is 11.5. The lowest BCUT2D eigenvalue weighted by molar-refractivity contribution is -0.138. The molecule has 100 valence electrons. The van der Waals surface area contributed by atoms with Crippen LogP contribution in [0.4, 0.5) is 0 Å². The summed E-state index contributed by atoms with van der Waals surface area (Å²) >= 11 is 0. The topological polar surface area (TPSA) is 37.3 Å². The van der Waals surface area contributed by atoms with Gasteiger partial charge in [0.1, 0.15) is 0 Å². The van der Waals surface area contributed by atoms with Crippen LogP contribution >= 0.6 is 0 Å². The van der Waals surface area contributed by atoms with Gasteiger partial charge in [0, 0.05) is 6.42 Å². The van der Waals surface area contributed by atoms with Gasteiger partial charge in [0.15, 0.2) is 0 Å². The van der Waals surface area contributed by atoms with Crippen LogP contribution in [0.15, 0.2) is 12.2 Å². The number of unbranched alkanes of at least 4 members (excludes halogenated alkanes) is 5. The molecule has 0 spiro atoms.